The van der Waals surface area contributed by atoms with Crippen molar-refractivity contribution in [2.75, 3.05) is 18.9 Å². The predicted octanol–water partition coefficient (Wildman–Crippen LogP) is -1.32. The molecule has 0 saturated heterocycles. The maximum absolute atomic E-state index is 12.1. The van der Waals surface area contributed by atoms with E-state index < -0.39 is 36.5 Å². The van der Waals surface area contributed by atoms with Crippen molar-refractivity contribution in [3.63, 3.8) is 0 Å². The van der Waals surface area contributed by atoms with Gasteiger partial charge in [-0.1, -0.05) is 11.3 Å². The molecule has 2 heterocycles. The van der Waals surface area contributed by atoms with Crippen LogP contribution in [0.3, 0.4) is 0 Å². The minimum Gasteiger partial charge on any atom is -0.394 e. The normalized spacial score (nSPS) is 14.7. The molecule has 2 aromatic heterocycles. The molecule has 0 spiro atoms. The number of ether oxygens (including phenoxy) is 1. The number of aliphatic hydroxyl groups is 3. The summed E-state index contributed by atoms with van der Waals surface area (Å²) >= 11 is 0.886. The summed E-state index contributed by atoms with van der Waals surface area (Å²) in [6.07, 6.45) is -1.69. The van der Waals surface area contributed by atoms with Crippen LogP contribution in [-0.2, 0) is 4.74 Å². The minimum atomic E-state index is -1.11. The molecule has 0 amide bonds. The Labute approximate surface area is 123 Å². The molecule has 0 aromatic carbocycles. The zero-order valence-electron chi connectivity index (χ0n) is 11.2. The summed E-state index contributed by atoms with van der Waals surface area (Å²) in [4.78, 5) is 19.5. The Morgan fingerprint density at radius 3 is 2.71 bits per heavy atom. The van der Waals surface area contributed by atoms with E-state index in [0.29, 0.717) is 4.70 Å². The second-order valence-corrected chi connectivity index (χ2v) is 5.40. The van der Waals surface area contributed by atoms with Crippen molar-refractivity contribution in [1.82, 2.24) is 14.5 Å². The summed E-state index contributed by atoms with van der Waals surface area (Å²) in [5.41, 5.74) is 5.75. The van der Waals surface area contributed by atoms with Crippen molar-refractivity contribution in [1.29, 1.82) is 0 Å². The van der Waals surface area contributed by atoms with E-state index >= 15 is 0 Å². The van der Waals surface area contributed by atoms with E-state index in [1.54, 1.807) is 0 Å². The number of aromatic nitrogens is 3. The topological polar surface area (TPSA) is 144 Å². The summed E-state index contributed by atoms with van der Waals surface area (Å²) in [5.74, 6) is -0.0146. The molecule has 21 heavy (non-hydrogen) atoms. The molecule has 0 fully saturated rings. The van der Waals surface area contributed by atoms with Crippen molar-refractivity contribution in [3.05, 3.63) is 15.9 Å². The number of aliphatic hydroxyl groups excluding tert-OH is 3. The SMILES string of the molecule is C[C@@H](O)[C@@H](OC(CO)CO)n1c(=O)sc2cnc(N)nc21. The van der Waals surface area contributed by atoms with Gasteiger partial charge in [-0.15, -0.1) is 0 Å². The maximum atomic E-state index is 12.1. The molecule has 2 rings (SSSR count). The van der Waals surface area contributed by atoms with Gasteiger partial charge < -0.3 is 25.8 Å². The van der Waals surface area contributed by atoms with Gasteiger partial charge in [0.2, 0.25) is 5.95 Å². The molecule has 2 aromatic rings. The highest BCUT2D eigenvalue weighted by Gasteiger charge is 2.26. The summed E-state index contributed by atoms with van der Waals surface area (Å²) in [6, 6.07) is 0. The van der Waals surface area contributed by atoms with Crippen LogP contribution in [0.15, 0.2) is 11.0 Å². The van der Waals surface area contributed by atoms with Crippen LogP contribution in [0.25, 0.3) is 10.3 Å². The quantitative estimate of drug-likeness (QED) is 0.514. The highest BCUT2D eigenvalue weighted by Crippen LogP contribution is 2.23. The lowest BCUT2D eigenvalue weighted by atomic mass is 10.3. The van der Waals surface area contributed by atoms with Gasteiger partial charge in [0.05, 0.1) is 30.2 Å². The van der Waals surface area contributed by atoms with E-state index in [4.69, 9.17) is 20.7 Å². The summed E-state index contributed by atoms with van der Waals surface area (Å²) in [6.45, 7) is 0.526. The molecular weight excluding hydrogens is 300 g/mol. The number of nitrogens with zero attached hydrogens (tertiary/aromatic N) is 3. The Kier molecular flexibility index (Phi) is 4.85. The molecule has 0 saturated carbocycles. The average molecular weight is 316 g/mol. The second kappa shape index (κ2) is 6.45. The molecule has 116 valence electrons. The van der Waals surface area contributed by atoms with Gasteiger partial charge in [0.1, 0.15) is 6.10 Å². The van der Waals surface area contributed by atoms with Gasteiger partial charge in [0.15, 0.2) is 11.9 Å². The Balaban J connectivity index is 2.52. The lowest BCUT2D eigenvalue weighted by Gasteiger charge is -2.25. The fourth-order valence-electron chi connectivity index (χ4n) is 1.80. The molecule has 0 aliphatic heterocycles. The number of nitrogens with two attached hydrogens (primary N) is 1. The first-order chi connectivity index (χ1) is 9.97. The van der Waals surface area contributed by atoms with Gasteiger partial charge in [-0.2, -0.15) is 4.98 Å². The predicted molar refractivity (Wildman–Crippen MR) is 75.8 cm³/mol. The largest absolute Gasteiger partial charge is 0.394 e. The first-order valence-electron chi connectivity index (χ1n) is 6.16. The zero-order valence-corrected chi connectivity index (χ0v) is 12.0. The Morgan fingerprint density at radius 1 is 1.48 bits per heavy atom. The van der Waals surface area contributed by atoms with E-state index in [-0.39, 0.29) is 11.6 Å². The average Bonchev–Trinajstić information content (AvgIpc) is 2.75. The first kappa shape index (κ1) is 15.8. The lowest BCUT2D eigenvalue weighted by molar-refractivity contribution is -0.135. The highest BCUT2D eigenvalue weighted by molar-refractivity contribution is 7.16. The molecule has 5 N–H and O–H groups in total. The van der Waals surface area contributed by atoms with E-state index in [2.05, 4.69) is 9.97 Å². The van der Waals surface area contributed by atoms with Crippen molar-refractivity contribution < 1.29 is 20.1 Å². The van der Waals surface area contributed by atoms with Gasteiger partial charge in [-0.05, 0) is 6.92 Å². The number of rotatable bonds is 6. The van der Waals surface area contributed by atoms with Crippen molar-refractivity contribution >= 4 is 27.6 Å². The van der Waals surface area contributed by atoms with Gasteiger partial charge >= 0.3 is 4.87 Å². The number of fused-ring (bicyclic) bond motifs is 1. The third kappa shape index (κ3) is 3.19. The second-order valence-electron chi connectivity index (χ2n) is 4.41. The highest BCUT2D eigenvalue weighted by atomic mass is 32.1. The molecule has 0 aliphatic rings. The Hall–Kier alpha value is -1.59. The first-order valence-corrected chi connectivity index (χ1v) is 6.98. The van der Waals surface area contributed by atoms with E-state index in [1.165, 1.54) is 13.1 Å². The number of nitrogen functional groups attached to an aromatic ring is 1. The van der Waals surface area contributed by atoms with Crippen LogP contribution >= 0.6 is 11.3 Å². The maximum Gasteiger partial charge on any atom is 0.311 e. The van der Waals surface area contributed by atoms with Crippen molar-refractivity contribution in [2.24, 2.45) is 0 Å². The van der Waals surface area contributed by atoms with Crippen LogP contribution in [0.5, 0.6) is 0 Å². The molecule has 2 atom stereocenters. The lowest BCUT2D eigenvalue weighted by Crippen LogP contribution is -2.36. The summed E-state index contributed by atoms with van der Waals surface area (Å²) < 4.78 is 7.04. The van der Waals surface area contributed by atoms with Crippen molar-refractivity contribution in [3.8, 4) is 0 Å². The molecular formula is C11H16N4O5S. The zero-order chi connectivity index (χ0) is 15.6. The van der Waals surface area contributed by atoms with Crippen LogP contribution in [0, 0.1) is 0 Å². The third-order valence-electron chi connectivity index (χ3n) is 2.78. The molecule has 10 heteroatoms. The summed E-state index contributed by atoms with van der Waals surface area (Å²) in [7, 11) is 0. The van der Waals surface area contributed by atoms with E-state index in [0.717, 1.165) is 15.9 Å². The summed E-state index contributed by atoms with van der Waals surface area (Å²) in [5, 5.41) is 28.0. The van der Waals surface area contributed by atoms with Gasteiger partial charge in [0.25, 0.3) is 0 Å². The van der Waals surface area contributed by atoms with Gasteiger partial charge in [-0.3, -0.25) is 9.36 Å². The Morgan fingerprint density at radius 2 is 2.14 bits per heavy atom. The van der Waals surface area contributed by atoms with Crippen molar-refractivity contribution in [2.45, 2.75) is 25.4 Å². The fourth-order valence-corrected chi connectivity index (χ4v) is 2.62. The van der Waals surface area contributed by atoms with Crippen LogP contribution in [0.2, 0.25) is 0 Å². The molecule has 9 nitrogen and oxygen atoms in total. The fraction of sp³-hybridized carbons (Fsp3) is 0.545. The molecule has 0 unspecified atom stereocenters. The van der Waals surface area contributed by atoms with E-state index in [1.807, 2.05) is 0 Å². The number of hydrogen-bond acceptors (Lipinski definition) is 9. The standard InChI is InChI=1S/C11H16N4O5S/c1-5(18)9(20-6(3-16)4-17)15-8-7(21-11(15)19)2-13-10(12)14-8/h2,5-6,9,16-18H,3-4H2,1H3,(H2,12,13,14)/t5-,9-/m1/s1. The molecule has 0 aliphatic carbocycles. The van der Waals surface area contributed by atoms with Crippen LogP contribution in [0.4, 0.5) is 5.95 Å². The van der Waals surface area contributed by atoms with E-state index in [9.17, 15) is 9.90 Å². The van der Waals surface area contributed by atoms with Gasteiger partial charge in [0, 0.05) is 0 Å². The number of thiazole rings is 1. The monoisotopic (exact) mass is 316 g/mol. The number of hydrogen-bond donors (Lipinski definition) is 4. The van der Waals surface area contributed by atoms with Crippen LogP contribution in [-0.4, -0.2) is 55.3 Å². The van der Waals surface area contributed by atoms with Gasteiger partial charge in [-0.25, -0.2) is 4.98 Å². The third-order valence-corrected chi connectivity index (χ3v) is 3.66. The Bertz CT molecular complexity index is 666. The van der Waals surface area contributed by atoms with Crippen LogP contribution < -0.4 is 10.6 Å². The smallest absolute Gasteiger partial charge is 0.311 e. The number of anilines is 1. The van der Waals surface area contributed by atoms with Crippen LogP contribution in [0.1, 0.15) is 13.2 Å². The minimum absolute atomic E-state index is 0.0146. The molecule has 0 radical (unpaired) electrons. The molecule has 0 bridgehead atoms.